The van der Waals surface area contributed by atoms with Gasteiger partial charge >= 0.3 is 5.69 Å². The zero-order valence-corrected chi connectivity index (χ0v) is 19.0. The molecule has 11 heteroatoms. The Balaban J connectivity index is 1.65. The van der Waals surface area contributed by atoms with Gasteiger partial charge in [-0.1, -0.05) is 16.6 Å². The second kappa shape index (κ2) is 10.9. The molecule has 2 heterocycles. The van der Waals surface area contributed by atoms with Crippen LogP contribution in [0, 0.1) is 0 Å². The number of nitrogens with zero attached hydrogens (tertiary/aromatic N) is 2. The fraction of sp³-hybridized carbons (Fsp3) is 0.524. The highest BCUT2D eigenvalue weighted by atomic mass is 32.2. The monoisotopic (exact) mass is 467 g/mol. The summed E-state index contributed by atoms with van der Waals surface area (Å²) < 4.78 is 39.4. The number of H-pyrrole nitrogens is 1. The van der Waals surface area contributed by atoms with Crippen molar-refractivity contribution >= 4 is 10.0 Å². The molecule has 0 radical (unpaired) electrons. The molecule has 0 saturated carbocycles. The molecule has 3 rings (SSSR count). The van der Waals surface area contributed by atoms with E-state index in [1.54, 1.807) is 6.92 Å². The molecule has 0 bridgehead atoms. The van der Waals surface area contributed by atoms with Crippen LogP contribution in [0.5, 0.6) is 5.75 Å². The minimum atomic E-state index is -3.78. The number of rotatable bonds is 10. The van der Waals surface area contributed by atoms with Crippen molar-refractivity contribution in [3.8, 4) is 5.75 Å². The third kappa shape index (κ3) is 6.28. The van der Waals surface area contributed by atoms with E-state index >= 15 is 0 Å². The number of nitrogens with one attached hydrogen (secondary N) is 1. The van der Waals surface area contributed by atoms with Gasteiger partial charge in [0, 0.05) is 31.6 Å². The van der Waals surface area contributed by atoms with Crippen LogP contribution in [-0.2, 0) is 26.1 Å². The number of sulfonamides is 1. The third-order valence-electron chi connectivity index (χ3n) is 5.28. The molecular weight excluding hydrogens is 438 g/mol. The van der Waals surface area contributed by atoms with Crippen LogP contribution in [0.2, 0.25) is 0 Å². The maximum absolute atomic E-state index is 12.9. The van der Waals surface area contributed by atoms with Crippen LogP contribution in [0.3, 0.4) is 0 Å². The van der Waals surface area contributed by atoms with E-state index in [1.165, 1.54) is 23.9 Å². The number of aromatic amines is 1. The van der Waals surface area contributed by atoms with Gasteiger partial charge in [-0.2, -0.15) is 0 Å². The predicted molar refractivity (Wildman–Crippen MR) is 118 cm³/mol. The maximum Gasteiger partial charge on any atom is 0.328 e. The van der Waals surface area contributed by atoms with Crippen LogP contribution in [-0.4, -0.2) is 54.6 Å². The summed E-state index contributed by atoms with van der Waals surface area (Å²) in [5, 5.41) is 0. The van der Waals surface area contributed by atoms with Gasteiger partial charge in [0.15, 0.2) is 0 Å². The Morgan fingerprint density at radius 2 is 2.00 bits per heavy atom. The molecule has 1 atom stereocenters. The van der Waals surface area contributed by atoms with Gasteiger partial charge in [-0.25, -0.2) is 13.2 Å². The summed E-state index contributed by atoms with van der Waals surface area (Å²) in [5.41, 5.74) is -0.341. The van der Waals surface area contributed by atoms with Crippen LogP contribution in [0.25, 0.3) is 0 Å². The average molecular weight is 468 g/mol. The average Bonchev–Trinajstić information content (AvgIpc) is 2.76. The van der Waals surface area contributed by atoms with Gasteiger partial charge in [0.1, 0.15) is 11.9 Å². The molecule has 1 aromatic carbocycles. The Hall–Kier alpha value is -2.47. The van der Waals surface area contributed by atoms with Crippen LogP contribution >= 0.6 is 0 Å². The zero-order valence-electron chi connectivity index (χ0n) is 18.2. The summed E-state index contributed by atoms with van der Waals surface area (Å²) in [5.74, 6) is 0.446. The topological polar surface area (TPSA) is 120 Å². The lowest BCUT2D eigenvalue weighted by Crippen LogP contribution is -2.35. The molecule has 0 unspecified atom stereocenters. The van der Waals surface area contributed by atoms with Crippen molar-refractivity contribution in [3.63, 3.8) is 0 Å². The summed E-state index contributed by atoms with van der Waals surface area (Å²) in [6.45, 7) is 3.22. The van der Waals surface area contributed by atoms with Crippen LogP contribution < -0.4 is 16.0 Å². The SMILES string of the molecule is CON([C@H](C)c1cccc(OC2CCOCC2)c1)S(=O)(=O)CCCn1ccc(=O)[nH]c1=O. The summed E-state index contributed by atoms with van der Waals surface area (Å²) in [6, 6.07) is 7.95. The first-order chi connectivity index (χ1) is 15.3. The Morgan fingerprint density at radius 1 is 1.25 bits per heavy atom. The number of aromatic nitrogens is 2. The largest absolute Gasteiger partial charge is 0.490 e. The fourth-order valence-corrected chi connectivity index (χ4v) is 5.10. The van der Waals surface area contributed by atoms with Crippen molar-refractivity contribution < 1.29 is 22.7 Å². The molecule has 0 aliphatic carbocycles. The highest BCUT2D eigenvalue weighted by Gasteiger charge is 2.29. The van der Waals surface area contributed by atoms with E-state index in [1.807, 2.05) is 24.3 Å². The van der Waals surface area contributed by atoms with Crippen molar-refractivity contribution in [2.24, 2.45) is 0 Å². The first-order valence-electron chi connectivity index (χ1n) is 10.5. The van der Waals surface area contributed by atoms with E-state index < -0.39 is 27.3 Å². The van der Waals surface area contributed by atoms with E-state index in [9.17, 15) is 18.0 Å². The first kappa shape index (κ1) is 24.2. The van der Waals surface area contributed by atoms with Gasteiger partial charge in [0.05, 0.1) is 32.1 Å². The van der Waals surface area contributed by atoms with E-state index in [4.69, 9.17) is 14.3 Å². The summed E-state index contributed by atoms with van der Waals surface area (Å²) in [6.07, 6.45) is 3.23. The Bertz CT molecular complexity index is 1110. The molecular formula is C21H29N3O7S. The predicted octanol–water partition coefficient (Wildman–Crippen LogP) is 1.44. The molecule has 1 fully saturated rings. The number of aryl methyl sites for hydroxylation is 1. The molecule has 1 N–H and O–H groups in total. The van der Waals surface area contributed by atoms with Crippen LogP contribution in [0.15, 0.2) is 46.1 Å². The molecule has 1 aliphatic rings. The summed E-state index contributed by atoms with van der Waals surface area (Å²) >= 11 is 0. The molecule has 1 aliphatic heterocycles. The summed E-state index contributed by atoms with van der Waals surface area (Å²) in [4.78, 5) is 30.3. The zero-order chi connectivity index (χ0) is 23.1. The number of benzene rings is 1. The minimum absolute atomic E-state index is 0.0768. The number of hydrogen-bond donors (Lipinski definition) is 1. The van der Waals surface area contributed by atoms with Crippen molar-refractivity contribution in [1.29, 1.82) is 0 Å². The second-order valence-electron chi connectivity index (χ2n) is 7.59. The molecule has 0 spiro atoms. The number of hydrogen-bond acceptors (Lipinski definition) is 7. The fourth-order valence-electron chi connectivity index (χ4n) is 3.60. The van der Waals surface area contributed by atoms with Crippen LogP contribution in [0.4, 0.5) is 0 Å². The van der Waals surface area contributed by atoms with Gasteiger partial charge in [-0.3, -0.25) is 14.6 Å². The lowest BCUT2D eigenvalue weighted by Gasteiger charge is -2.27. The van der Waals surface area contributed by atoms with Gasteiger partial charge < -0.3 is 14.0 Å². The Morgan fingerprint density at radius 3 is 2.69 bits per heavy atom. The van der Waals surface area contributed by atoms with Crippen molar-refractivity contribution in [3.05, 3.63) is 62.9 Å². The normalized spacial score (nSPS) is 16.2. The van der Waals surface area contributed by atoms with Gasteiger partial charge in [0.25, 0.3) is 5.56 Å². The van der Waals surface area contributed by atoms with Gasteiger partial charge in [-0.05, 0) is 31.0 Å². The molecule has 32 heavy (non-hydrogen) atoms. The van der Waals surface area contributed by atoms with Gasteiger partial charge in [-0.15, -0.1) is 0 Å². The number of ether oxygens (including phenoxy) is 2. The third-order valence-corrected chi connectivity index (χ3v) is 7.10. The molecule has 2 aromatic rings. The molecule has 176 valence electrons. The van der Waals surface area contributed by atoms with E-state index in [2.05, 4.69) is 4.98 Å². The summed E-state index contributed by atoms with van der Waals surface area (Å²) in [7, 11) is -2.48. The molecule has 1 aromatic heterocycles. The Kier molecular flexibility index (Phi) is 8.24. The van der Waals surface area contributed by atoms with E-state index in [0.29, 0.717) is 19.0 Å². The minimum Gasteiger partial charge on any atom is -0.490 e. The maximum atomic E-state index is 12.9. The van der Waals surface area contributed by atoms with E-state index in [0.717, 1.165) is 22.9 Å². The molecule has 1 saturated heterocycles. The van der Waals surface area contributed by atoms with Crippen molar-refractivity contribution in [1.82, 2.24) is 14.0 Å². The van der Waals surface area contributed by atoms with Crippen LogP contribution in [0.1, 0.15) is 37.8 Å². The van der Waals surface area contributed by atoms with Crippen molar-refractivity contribution in [2.75, 3.05) is 26.1 Å². The van der Waals surface area contributed by atoms with Gasteiger partial charge in [0.2, 0.25) is 10.0 Å². The highest BCUT2D eigenvalue weighted by Crippen LogP contribution is 2.28. The smallest absolute Gasteiger partial charge is 0.328 e. The highest BCUT2D eigenvalue weighted by molar-refractivity contribution is 7.88. The number of hydroxylamine groups is 1. The molecule has 10 nitrogen and oxygen atoms in total. The lowest BCUT2D eigenvalue weighted by atomic mass is 10.1. The first-order valence-corrected chi connectivity index (χ1v) is 12.1. The Labute approximate surface area is 186 Å². The van der Waals surface area contributed by atoms with E-state index in [-0.39, 0.29) is 24.8 Å². The lowest BCUT2D eigenvalue weighted by molar-refractivity contribution is -0.0773. The standard InChI is InChI=1S/C21H29N3O7S/c1-16(17-5-3-6-19(15-17)31-18-8-12-30-13-9-18)24(29-2)32(27,28)14-4-10-23-11-7-20(25)22-21(23)26/h3,5-7,11,15-16,18H,4,8-10,12-14H2,1-2H3,(H,22,25,26)/t16-/m1/s1. The molecule has 0 amide bonds. The quantitative estimate of drug-likeness (QED) is 0.525. The second-order valence-corrected chi connectivity index (χ2v) is 9.52. The van der Waals surface area contributed by atoms with Crippen molar-refractivity contribution in [2.45, 2.75) is 44.9 Å².